The fourth-order valence-corrected chi connectivity index (χ4v) is 4.90. The minimum Gasteiger partial charge on any atom is -0.462 e. The van der Waals surface area contributed by atoms with Crippen LogP contribution in [0, 0.1) is 11.3 Å². The lowest BCUT2D eigenvalue weighted by Gasteiger charge is -2.36. The van der Waals surface area contributed by atoms with E-state index >= 15 is 0 Å². The first-order valence-electron chi connectivity index (χ1n) is 11.0. The van der Waals surface area contributed by atoms with Gasteiger partial charge in [0, 0.05) is 39.2 Å². The number of piperidine rings is 1. The summed E-state index contributed by atoms with van der Waals surface area (Å²) < 4.78 is 16.0. The Morgan fingerprint density at radius 3 is 2.40 bits per heavy atom. The van der Waals surface area contributed by atoms with Gasteiger partial charge in [0.15, 0.2) is 0 Å². The van der Waals surface area contributed by atoms with Crippen molar-refractivity contribution >= 4 is 12.0 Å². The summed E-state index contributed by atoms with van der Waals surface area (Å²) in [5.74, 6) is 2.27. The molecule has 8 heteroatoms. The molecule has 2 aliphatic heterocycles. The summed E-state index contributed by atoms with van der Waals surface area (Å²) in [6, 6.07) is 4.00. The Labute approximate surface area is 178 Å². The SMILES string of the molecule is CCOC(=O)N1CCN(C(=O)[C@H]2CC23CCN(Cc2ccc(COC)o2)CC3)CC1. The van der Waals surface area contributed by atoms with E-state index in [0.717, 1.165) is 50.4 Å². The molecule has 1 atom stereocenters. The predicted octanol–water partition coefficient (Wildman–Crippen LogP) is 2.33. The number of methoxy groups -OCH3 is 1. The molecule has 1 aliphatic carbocycles. The lowest BCUT2D eigenvalue weighted by atomic mass is 9.90. The molecule has 0 aromatic carbocycles. The highest BCUT2D eigenvalue weighted by molar-refractivity contribution is 5.83. The summed E-state index contributed by atoms with van der Waals surface area (Å²) in [6.45, 7) is 7.85. The van der Waals surface area contributed by atoms with E-state index in [4.69, 9.17) is 13.9 Å². The first-order chi connectivity index (χ1) is 14.5. The Bertz CT molecular complexity index is 748. The average Bonchev–Trinajstić information content (AvgIpc) is 3.28. The Kier molecular flexibility index (Phi) is 6.34. The second kappa shape index (κ2) is 8.98. The highest BCUT2D eigenvalue weighted by atomic mass is 16.6. The molecule has 8 nitrogen and oxygen atoms in total. The zero-order chi connectivity index (χ0) is 21.1. The lowest BCUT2D eigenvalue weighted by molar-refractivity contribution is -0.135. The third-order valence-electron chi connectivity index (χ3n) is 6.84. The molecule has 3 fully saturated rings. The quantitative estimate of drug-likeness (QED) is 0.705. The maximum absolute atomic E-state index is 13.0. The highest BCUT2D eigenvalue weighted by Gasteiger charge is 2.59. The number of ether oxygens (including phenoxy) is 2. The van der Waals surface area contributed by atoms with Gasteiger partial charge in [-0.05, 0) is 56.8 Å². The van der Waals surface area contributed by atoms with Crippen LogP contribution in [0.5, 0.6) is 0 Å². The minimum absolute atomic E-state index is 0.158. The summed E-state index contributed by atoms with van der Waals surface area (Å²) in [4.78, 5) is 30.9. The van der Waals surface area contributed by atoms with Gasteiger partial charge in [-0.1, -0.05) is 0 Å². The van der Waals surface area contributed by atoms with Crippen molar-refractivity contribution in [2.24, 2.45) is 11.3 Å². The van der Waals surface area contributed by atoms with Gasteiger partial charge in [0.1, 0.15) is 18.1 Å². The van der Waals surface area contributed by atoms with Crippen LogP contribution in [-0.2, 0) is 27.4 Å². The van der Waals surface area contributed by atoms with Crippen LogP contribution in [0.2, 0.25) is 0 Å². The van der Waals surface area contributed by atoms with Gasteiger partial charge < -0.3 is 23.7 Å². The van der Waals surface area contributed by atoms with Crippen LogP contribution < -0.4 is 0 Å². The van der Waals surface area contributed by atoms with Crippen LogP contribution in [0.25, 0.3) is 0 Å². The zero-order valence-electron chi connectivity index (χ0n) is 18.1. The molecule has 1 spiro atoms. The standard InChI is InChI=1S/C22H33N3O5/c1-3-29-21(27)25-12-10-24(11-13-25)20(26)19-14-22(19)6-8-23(9-7-22)15-17-4-5-18(30-17)16-28-2/h4-5,19H,3,6-16H2,1-2H3/t19-/m1/s1. The van der Waals surface area contributed by atoms with Crippen molar-refractivity contribution in [3.8, 4) is 0 Å². The molecule has 0 unspecified atom stereocenters. The van der Waals surface area contributed by atoms with E-state index in [1.807, 2.05) is 24.0 Å². The number of furan rings is 1. The van der Waals surface area contributed by atoms with Gasteiger partial charge in [0.05, 0.1) is 13.2 Å². The minimum atomic E-state index is -0.272. The molecule has 1 saturated carbocycles. The molecule has 3 aliphatic rings. The second-order valence-electron chi connectivity index (χ2n) is 8.71. The Hall–Kier alpha value is -2.06. The average molecular weight is 420 g/mol. The van der Waals surface area contributed by atoms with E-state index in [0.29, 0.717) is 39.4 Å². The number of nitrogens with zero attached hydrogens (tertiary/aromatic N) is 3. The van der Waals surface area contributed by atoms with Crippen LogP contribution in [0.4, 0.5) is 4.79 Å². The molecule has 1 aromatic rings. The number of carbonyl (C=O) groups excluding carboxylic acids is 2. The number of piperazine rings is 1. The van der Waals surface area contributed by atoms with Gasteiger partial charge in [-0.25, -0.2) is 4.79 Å². The summed E-state index contributed by atoms with van der Waals surface area (Å²) >= 11 is 0. The predicted molar refractivity (Wildman–Crippen MR) is 110 cm³/mol. The number of hydrogen-bond donors (Lipinski definition) is 0. The van der Waals surface area contributed by atoms with E-state index in [9.17, 15) is 9.59 Å². The van der Waals surface area contributed by atoms with Gasteiger partial charge >= 0.3 is 6.09 Å². The highest BCUT2D eigenvalue weighted by Crippen LogP contribution is 2.60. The van der Waals surface area contributed by atoms with Crippen LogP contribution in [0.3, 0.4) is 0 Å². The van der Waals surface area contributed by atoms with Gasteiger partial charge in [0.25, 0.3) is 0 Å². The molecule has 0 bridgehead atoms. The van der Waals surface area contributed by atoms with Crippen LogP contribution >= 0.6 is 0 Å². The first kappa shape index (κ1) is 21.2. The van der Waals surface area contributed by atoms with Crippen molar-refractivity contribution in [2.75, 3.05) is 53.0 Å². The van der Waals surface area contributed by atoms with Crippen molar-refractivity contribution in [2.45, 2.75) is 39.3 Å². The van der Waals surface area contributed by atoms with E-state index in [1.54, 1.807) is 12.0 Å². The molecule has 166 valence electrons. The number of carbonyl (C=O) groups is 2. The van der Waals surface area contributed by atoms with Crippen molar-refractivity contribution in [3.63, 3.8) is 0 Å². The lowest BCUT2D eigenvalue weighted by Crippen LogP contribution is -2.51. The summed E-state index contributed by atoms with van der Waals surface area (Å²) in [5, 5.41) is 0. The van der Waals surface area contributed by atoms with Gasteiger partial charge in [-0.15, -0.1) is 0 Å². The molecule has 4 rings (SSSR count). The molecular weight excluding hydrogens is 386 g/mol. The van der Waals surface area contributed by atoms with Crippen molar-refractivity contribution < 1.29 is 23.5 Å². The first-order valence-corrected chi connectivity index (χ1v) is 11.0. The third kappa shape index (κ3) is 4.49. The van der Waals surface area contributed by atoms with Crippen molar-refractivity contribution in [1.82, 2.24) is 14.7 Å². The van der Waals surface area contributed by atoms with E-state index in [1.165, 1.54) is 0 Å². The Morgan fingerprint density at radius 1 is 1.07 bits per heavy atom. The molecule has 30 heavy (non-hydrogen) atoms. The van der Waals surface area contributed by atoms with E-state index in [-0.39, 0.29) is 23.3 Å². The molecule has 2 saturated heterocycles. The summed E-state index contributed by atoms with van der Waals surface area (Å²) in [6.07, 6.45) is 2.87. The molecule has 2 amide bonds. The maximum Gasteiger partial charge on any atom is 0.409 e. The normalized spacial score (nSPS) is 23.6. The fourth-order valence-electron chi connectivity index (χ4n) is 4.90. The van der Waals surface area contributed by atoms with Gasteiger partial charge in [-0.3, -0.25) is 9.69 Å². The van der Waals surface area contributed by atoms with Gasteiger partial charge in [-0.2, -0.15) is 0 Å². The van der Waals surface area contributed by atoms with Crippen LogP contribution in [0.15, 0.2) is 16.5 Å². The molecule has 1 aromatic heterocycles. The van der Waals surface area contributed by atoms with Crippen LogP contribution in [0.1, 0.15) is 37.7 Å². The zero-order valence-corrected chi connectivity index (χ0v) is 18.1. The van der Waals surface area contributed by atoms with Crippen molar-refractivity contribution in [1.29, 1.82) is 0 Å². The Balaban J connectivity index is 1.22. The summed E-state index contributed by atoms with van der Waals surface area (Å²) in [5.41, 5.74) is 0.191. The number of hydrogen-bond acceptors (Lipinski definition) is 6. The van der Waals surface area contributed by atoms with Gasteiger partial charge in [0.2, 0.25) is 5.91 Å². The fraction of sp³-hybridized carbons (Fsp3) is 0.727. The molecular formula is C22H33N3O5. The largest absolute Gasteiger partial charge is 0.462 e. The van der Waals surface area contributed by atoms with Crippen molar-refractivity contribution in [3.05, 3.63) is 23.7 Å². The smallest absolute Gasteiger partial charge is 0.409 e. The molecule has 0 radical (unpaired) electrons. The molecule has 0 N–H and O–H groups in total. The topological polar surface area (TPSA) is 75.5 Å². The Morgan fingerprint density at radius 2 is 1.73 bits per heavy atom. The number of amides is 2. The summed E-state index contributed by atoms with van der Waals surface area (Å²) in [7, 11) is 1.67. The number of likely N-dealkylation sites (tertiary alicyclic amines) is 1. The second-order valence-corrected chi connectivity index (χ2v) is 8.71. The maximum atomic E-state index is 13.0. The molecule has 3 heterocycles. The monoisotopic (exact) mass is 419 g/mol. The van der Waals surface area contributed by atoms with Crippen LogP contribution in [-0.4, -0.2) is 79.7 Å². The number of rotatable bonds is 6. The van der Waals surface area contributed by atoms with E-state index < -0.39 is 0 Å². The third-order valence-corrected chi connectivity index (χ3v) is 6.84. The van der Waals surface area contributed by atoms with E-state index in [2.05, 4.69) is 4.90 Å².